The van der Waals surface area contributed by atoms with Crippen molar-refractivity contribution in [2.24, 2.45) is 0 Å². The van der Waals surface area contributed by atoms with Crippen LogP contribution < -0.4 is 19.7 Å². The highest BCUT2D eigenvalue weighted by molar-refractivity contribution is 5.97. The van der Waals surface area contributed by atoms with Gasteiger partial charge in [0.05, 0.1) is 14.2 Å². The predicted molar refractivity (Wildman–Crippen MR) is 90.6 cm³/mol. The maximum absolute atomic E-state index is 12.6. The van der Waals surface area contributed by atoms with Crippen molar-refractivity contribution >= 4 is 17.5 Å². The topological polar surface area (TPSA) is 76.6 Å². The molecule has 7 nitrogen and oxygen atoms in total. The molecule has 1 aliphatic heterocycles. The Hall–Kier alpha value is -2.83. The quantitative estimate of drug-likeness (QED) is 0.906. The van der Waals surface area contributed by atoms with E-state index in [9.17, 15) is 4.79 Å². The number of carbonyl (C=O) groups excluding carboxylic acids is 1. The SMILES string of the molecule is COc1ccc(NC(=O)[C@H]2CCCN2c2nccc(OC)n2)cc1. The molecule has 1 aromatic carbocycles. The first-order valence-electron chi connectivity index (χ1n) is 7.80. The highest BCUT2D eigenvalue weighted by atomic mass is 16.5. The van der Waals surface area contributed by atoms with E-state index in [1.807, 2.05) is 29.2 Å². The number of hydrogen-bond acceptors (Lipinski definition) is 6. The molecule has 1 N–H and O–H groups in total. The lowest BCUT2D eigenvalue weighted by molar-refractivity contribution is -0.117. The molecule has 126 valence electrons. The fraction of sp³-hybridized carbons (Fsp3) is 0.353. The van der Waals surface area contributed by atoms with Gasteiger partial charge < -0.3 is 19.7 Å². The molecule has 7 heteroatoms. The first-order chi connectivity index (χ1) is 11.7. The summed E-state index contributed by atoms with van der Waals surface area (Å²) in [7, 11) is 3.17. The van der Waals surface area contributed by atoms with Crippen LogP contribution in [0.3, 0.4) is 0 Å². The van der Waals surface area contributed by atoms with Gasteiger partial charge in [0.25, 0.3) is 0 Å². The van der Waals surface area contributed by atoms with E-state index in [0.29, 0.717) is 11.8 Å². The van der Waals surface area contributed by atoms with Gasteiger partial charge in [0, 0.05) is 24.5 Å². The standard InChI is InChI=1S/C17H20N4O3/c1-23-13-7-5-12(6-8-13)19-16(22)14-4-3-11-21(14)17-18-10-9-15(20-17)24-2/h5-10,14H,3-4,11H2,1-2H3,(H,19,22)/t14-/m1/s1. The van der Waals surface area contributed by atoms with E-state index in [4.69, 9.17) is 9.47 Å². The van der Waals surface area contributed by atoms with Crippen LogP contribution in [-0.2, 0) is 4.79 Å². The van der Waals surface area contributed by atoms with Crippen LogP contribution in [0.25, 0.3) is 0 Å². The molecule has 0 unspecified atom stereocenters. The molecular formula is C17H20N4O3. The van der Waals surface area contributed by atoms with Crippen molar-refractivity contribution in [2.75, 3.05) is 31.0 Å². The van der Waals surface area contributed by atoms with Gasteiger partial charge in [0.2, 0.25) is 17.7 Å². The molecule has 3 rings (SSSR count). The molecule has 2 heterocycles. The van der Waals surface area contributed by atoms with Gasteiger partial charge >= 0.3 is 0 Å². The minimum Gasteiger partial charge on any atom is -0.497 e. The zero-order valence-corrected chi connectivity index (χ0v) is 13.7. The van der Waals surface area contributed by atoms with Crippen molar-refractivity contribution in [3.8, 4) is 11.6 Å². The van der Waals surface area contributed by atoms with E-state index in [0.717, 1.165) is 30.8 Å². The Labute approximate surface area is 140 Å². The summed E-state index contributed by atoms with van der Waals surface area (Å²) in [6, 6.07) is 8.65. The third-order valence-electron chi connectivity index (χ3n) is 4.00. The number of nitrogens with zero attached hydrogens (tertiary/aromatic N) is 3. The number of carbonyl (C=O) groups is 1. The molecule has 0 aliphatic carbocycles. The minimum absolute atomic E-state index is 0.0657. The molecular weight excluding hydrogens is 308 g/mol. The Morgan fingerprint density at radius 3 is 2.71 bits per heavy atom. The molecule has 2 aromatic rings. The lowest BCUT2D eigenvalue weighted by Crippen LogP contribution is -2.40. The highest BCUT2D eigenvalue weighted by Gasteiger charge is 2.32. The normalized spacial score (nSPS) is 16.8. The van der Waals surface area contributed by atoms with Crippen molar-refractivity contribution < 1.29 is 14.3 Å². The fourth-order valence-electron chi connectivity index (χ4n) is 2.76. The Kier molecular flexibility index (Phi) is 4.79. The molecule has 0 saturated carbocycles. The van der Waals surface area contributed by atoms with Gasteiger partial charge in [0.1, 0.15) is 11.8 Å². The zero-order valence-electron chi connectivity index (χ0n) is 13.7. The monoisotopic (exact) mass is 328 g/mol. The van der Waals surface area contributed by atoms with Crippen LogP contribution in [0.15, 0.2) is 36.5 Å². The molecule has 1 aliphatic rings. The Morgan fingerprint density at radius 2 is 2.00 bits per heavy atom. The number of benzene rings is 1. The molecule has 1 amide bonds. The summed E-state index contributed by atoms with van der Waals surface area (Å²) in [5.41, 5.74) is 0.735. The largest absolute Gasteiger partial charge is 0.497 e. The molecule has 0 spiro atoms. The average molecular weight is 328 g/mol. The molecule has 24 heavy (non-hydrogen) atoms. The van der Waals surface area contributed by atoms with Crippen LogP contribution in [0, 0.1) is 0 Å². The van der Waals surface area contributed by atoms with E-state index in [2.05, 4.69) is 15.3 Å². The summed E-state index contributed by atoms with van der Waals surface area (Å²) in [6.07, 6.45) is 3.32. The van der Waals surface area contributed by atoms with E-state index in [1.165, 1.54) is 0 Å². The molecule has 0 radical (unpaired) electrons. The number of anilines is 2. The smallest absolute Gasteiger partial charge is 0.247 e. The van der Waals surface area contributed by atoms with Gasteiger partial charge in [-0.05, 0) is 37.1 Å². The van der Waals surface area contributed by atoms with Crippen LogP contribution in [0.5, 0.6) is 11.6 Å². The Balaban J connectivity index is 1.72. The van der Waals surface area contributed by atoms with Gasteiger partial charge in [-0.1, -0.05) is 0 Å². The van der Waals surface area contributed by atoms with E-state index in [1.54, 1.807) is 26.5 Å². The fourth-order valence-corrected chi connectivity index (χ4v) is 2.76. The Morgan fingerprint density at radius 1 is 1.21 bits per heavy atom. The maximum Gasteiger partial charge on any atom is 0.247 e. The van der Waals surface area contributed by atoms with Crippen molar-refractivity contribution in [1.29, 1.82) is 0 Å². The Bertz CT molecular complexity index is 705. The molecule has 1 saturated heterocycles. The average Bonchev–Trinajstić information content (AvgIpc) is 3.12. The van der Waals surface area contributed by atoms with Gasteiger partial charge in [-0.3, -0.25) is 4.79 Å². The number of rotatable bonds is 5. The summed E-state index contributed by atoms with van der Waals surface area (Å²) in [5, 5.41) is 2.94. The third-order valence-corrected chi connectivity index (χ3v) is 4.00. The van der Waals surface area contributed by atoms with Crippen molar-refractivity contribution in [1.82, 2.24) is 9.97 Å². The second kappa shape index (κ2) is 7.16. The van der Waals surface area contributed by atoms with Gasteiger partial charge in [0.15, 0.2) is 0 Å². The molecule has 1 fully saturated rings. The number of hydrogen-bond donors (Lipinski definition) is 1. The van der Waals surface area contributed by atoms with Crippen molar-refractivity contribution in [3.63, 3.8) is 0 Å². The second-order valence-electron chi connectivity index (χ2n) is 5.47. The lowest BCUT2D eigenvalue weighted by Gasteiger charge is -2.24. The summed E-state index contributed by atoms with van der Waals surface area (Å²) in [6.45, 7) is 0.744. The van der Waals surface area contributed by atoms with E-state index in [-0.39, 0.29) is 11.9 Å². The number of methoxy groups -OCH3 is 2. The number of amides is 1. The first-order valence-corrected chi connectivity index (χ1v) is 7.80. The molecule has 1 aromatic heterocycles. The zero-order chi connectivity index (χ0) is 16.9. The summed E-state index contributed by atoms with van der Waals surface area (Å²) in [4.78, 5) is 23.2. The predicted octanol–water partition coefficient (Wildman–Crippen LogP) is 2.10. The molecule has 1 atom stereocenters. The number of ether oxygens (including phenoxy) is 2. The first kappa shape index (κ1) is 16.0. The van der Waals surface area contributed by atoms with E-state index >= 15 is 0 Å². The van der Waals surface area contributed by atoms with Crippen LogP contribution in [0.1, 0.15) is 12.8 Å². The maximum atomic E-state index is 12.6. The van der Waals surface area contributed by atoms with Gasteiger partial charge in [-0.25, -0.2) is 4.98 Å². The van der Waals surface area contributed by atoms with Gasteiger partial charge in [-0.2, -0.15) is 4.98 Å². The lowest BCUT2D eigenvalue weighted by atomic mass is 10.2. The van der Waals surface area contributed by atoms with Crippen LogP contribution >= 0.6 is 0 Å². The highest BCUT2D eigenvalue weighted by Crippen LogP contribution is 2.25. The van der Waals surface area contributed by atoms with Crippen LogP contribution in [0.4, 0.5) is 11.6 Å². The second-order valence-corrected chi connectivity index (χ2v) is 5.47. The van der Waals surface area contributed by atoms with Crippen LogP contribution in [0.2, 0.25) is 0 Å². The van der Waals surface area contributed by atoms with Crippen molar-refractivity contribution in [2.45, 2.75) is 18.9 Å². The van der Waals surface area contributed by atoms with E-state index < -0.39 is 0 Å². The van der Waals surface area contributed by atoms with Crippen LogP contribution in [-0.4, -0.2) is 42.7 Å². The summed E-state index contributed by atoms with van der Waals surface area (Å²) >= 11 is 0. The molecule has 0 bridgehead atoms. The summed E-state index contributed by atoms with van der Waals surface area (Å²) in [5.74, 6) is 1.69. The minimum atomic E-state index is -0.292. The van der Waals surface area contributed by atoms with Crippen molar-refractivity contribution in [3.05, 3.63) is 36.5 Å². The number of aromatic nitrogens is 2. The van der Waals surface area contributed by atoms with Gasteiger partial charge in [-0.15, -0.1) is 0 Å². The third kappa shape index (κ3) is 3.40. The summed E-state index contributed by atoms with van der Waals surface area (Å²) < 4.78 is 10.3. The number of nitrogens with one attached hydrogen (secondary N) is 1.